The fourth-order valence-corrected chi connectivity index (χ4v) is 2.65. The molecule has 2 rings (SSSR count). The van der Waals surface area contributed by atoms with Crippen molar-refractivity contribution in [1.82, 2.24) is 5.32 Å². The van der Waals surface area contributed by atoms with Gasteiger partial charge in [0.2, 0.25) is 0 Å². The summed E-state index contributed by atoms with van der Waals surface area (Å²) in [5, 5.41) is 3.24. The highest BCUT2D eigenvalue weighted by molar-refractivity contribution is 5.76. The Morgan fingerprint density at radius 3 is 2.50 bits per heavy atom. The number of esters is 1. The summed E-state index contributed by atoms with van der Waals surface area (Å²) in [5.41, 5.74) is 0. The largest absolute Gasteiger partial charge is 0.461 e. The second kappa shape index (κ2) is 5.67. The molecule has 2 aliphatic rings. The molecule has 0 radical (unpaired) electrons. The Bertz CT molecular complexity index is 228. The van der Waals surface area contributed by atoms with Crippen LogP contribution in [0.4, 0.5) is 0 Å². The molecule has 16 heavy (non-hydrogen) atoms. The third-order valence-corrected chi connectivity index (χ3v) is 3.84. The molecule has 1 atom stereocenters. The van der Waals surface area contributed by atoms with Crippen LogP contribution >= 0.6 is 0 Å². The topological polar surface area (TPSA) is 38.3 Å². The molecule has 3 nitrogen and oxygen atoms in total. The Morgan fingerprint density at radius 2 is 1.88 bits per heavy atom. The summed E-state index contributed by atoms with van der Waals surface area (Å²) in [7, 11) is 0. The van der Waals surface area contributed by atoms with Gasteiger partial charge in [-0.1, -0.05) is 13.3 Å². The Morgan fingerprint density at radius 1 is 1.12 bits per heavy atom. The molecule has 92 valence electrons. The van der Waals surface area contributed by atoms with Crippen molar-refractivity contribution in [2.45, 2.75) is 64.0 Å². The van der Waals surface area contributed by atoms with E-state index in [-0.39, 0.29) is 18.1 Å². The number of ether oxygens (including phenoxy) is 1. The van der Waals surface area contributed by atoms with Crippen molar-refractivity contribution in [3.05, 3.63) is 0 Å². The minimum Gasteiger partial charge on any atom is -0.461 e. The van der Waals surface area contributed by atoms with Crippen LogP contribution in [0.1, 0.15) is 51.9 Å². The number of nitrogens with one attached hydrogen (secondary N) is 1. The van der Waals surface area contributed by atoms with E-state index in [9.17, 15) is 4.79 Å². The zero-order chi connectivity index (χ0) is 11.4. The van der Waals surface area contributed by atoms with Crippen LogP contribution < -0.4 is 5.32 Å². The van der Waals surface area contributed by atoms with Crippen LogP contribution in [0.5, 0.6) is 0 Å². The first-order valence-corrected chi connectivity index (χ1v) is 6.69. The molecule has 1 heterocycles. The number of hydrogen-bond acceptors (Lipinski definition) is 3. The molecule has 0 bridgehead atoms. The van der Waals surface area contributed by atoms with E-state index in [1.807, 2.05) is 0 Å². The van der Waals surface area contributed by atoms with E-state index >= 15 is 0 Å². The smallest absolute Gasteiger partial charge is 0.323 e. The zero-order valence-corrected chi connectivity index (χ0v) is 10.2. The molecule has 1 unspecified atom stereocenters. The number of hydrogen-bond donors (Lipinski definition) is 1. The molecule has 1 aliphatic heterocycles. The molecule has 0 spiro atoms. The summed E-state index contributed by atoms with van der Waals surface area (Å²) in [4.78, 5) is 11.9. The average Bonchev–Trinajstić information content (AvgIpc) is 2.33. The third kappa shape index (κ3) is 3.21. The second-order valence-corrected chi connectivity index (χ2v) is 5.32. The first-order valence-electron chi connectivity index (χ1n) is 6.69. The van der Waals surface area contributed by atoms with Crippen molar-refractivity contribution in [3.8, 4) is 0 Å². The van der Waals surface area contributed by atoms with Gasteiger partial charge in [0.15, 0.2) is 0 Å². The second-order valence-electron chi connectivity index (χ2n) is 5.32. The van der Waals surface area contributed by atoms with Gasteiger partial charge in [-0.3, -0.25) is 4.79 Å². The van der Waals surface area contributed by atoms with Crippen LogP contribution in [0.25, 0.3) is 0 Å². The van der Waals surface area contributed by atoms with Crippen molar-refractivity contribution in [1.29, 1.82) is 0 Å². The van der Waals surface area contributed by atoms with Crippen LogP contribution in [0.3, 0.4) is 0 Å². The Labute approximate surface area is 97.9 Å². The lowest BCUT2D eigenvalue weighted by molar-refractivity contribution is -0.154. The predicted molar refractivity (Wildman–Crippen MR) is 63.2 cm³/mol. The fraction of sp³-hybridized carbons (Fsp3) is 0.923. The quantitative estimate of drug-likeness (QED) is 0.733. The lowest BCUT2D eigenvalue weighted by atomic mass is 9.89. The summed E-state index contributed by atoms with van der Waals surface area (Å²) in [6.45, 7) is 3.24. The van der Waals surface area contributed by atoms with Crippen LogP contribution in [-0.2, 0) is 9.53 Å². The van der Waals surface area contributed by atoms with Crippen molar-refractivity contribution in [3.63, 3.8) is 0 Å². The number of piperidine rings is 1. The lowest BCUT2D eigenvalue weighted by Crippen LogP contribution is -2.43. The molecule has 1 N–H and O–H groups in total. The molecular formula is C13H23NO2. The van der Waals surface area contributed by atoms with E-state index in [2.05, 4.69) is 12.2 Å². The highest BCUT2D eigenvalue weighted by Crippen LogP contribution is 2.26. The van der Waals surface area contributed by atoms with E-state index < -0.39 is 0 Å². The van der Waals surface area contributed by atoms with Gasteiger partial charge in [0, 0.05) is 0 Å². The van der Waals surface area contributed by atoms with E-state index in [4.69, 9.17) is 4.74 Å². The first kappa shape index (κ1) is 11.9. The highest BCUT2D eigenvalue weighted by atomic mass is 16.5. The van der Waals surface area contributed by atoms with Gasteiger partial charge in [-0.25, -0.2) is 0 Å². The van der Waals surface area contributed by atoms with Crippen molar-refractivity contribution >= 4 is 5.97 Å². The van der Waals surface area contributed by atoms with Gasteiger partial charge >= 0.3 is 5.97 Å². The maximum absolute atomic E-state index is 11.9. The van der Waals surface area contributed by atoms with Gasteiger partial charge in [-0.2, -0.15) is 0 Å². The van der Waals surface area contributed by atoms with Crippen molar-refractivity contribution in [2.24, 2.45) is 5.92 Å². The van der Waals surface area contributed by atoms with Gasteiger partial charge in [0.1, 0.15) is 12.1 Å². The highest BCUT2D eigenvalue weighted by Gasteiger charge is 2.26. The minimum absolute atomic E-state index is 0.0146. The summed E-state index contributed by atoms with van der Waals surface area (Å²) >= 11 is 0. The van der Waals surface area contributed by atoms with Gasteiger partial charge in [-0.15, -0.1) is 0 Å². The summed E-state index contributed by atoms with van der Waals surface area (Å²) in [5.74, 6) is 0.794. The molecule has 0 aromatic rings. The first-order chi connectivity index (χ1) is 7.75. The van der Waals surface area contributed by atoms with Crippen LogP contribution in [-0.4, -0.2) is 24.7 Å². The Kier molecular flexibility index (Phi) is 4.22. The van der Waals surface area contributed by atoms with Crippen LogP contribution in [0, 0.1) is 5.92 Å². The molecule has 1 aliphatic carbocycles. The molecule has 3 heteroatoms. The number of rotatable bonds is 2. The van der Waals surface area contributed by atoms with Gasteiger partial charge in [-0.05, 0) is 51.0 Å². The SMILES string of the molecule is CC1CCC(OC(=O)C2CCCCN2)CC1. The lowest BCUT2D eigenvalue weighted by Gasteiger charge is -2.29. The standard InChI is InChI=1S/C13H23NO2/c1-10-5-7-11(8-6-10)16-13(15)12-4-2-3-9-14-12/h10-12,14H,2-9H2,1H3. The van der Waals surface area contributed by atoms with Gasteiger partial charge < -0.3 is 10.1 Å². The Hall–Kier alpha value is -0.570. The van der Waals surface area contributed by atoms with Crippen LogP contribution in [0.2, 0.25) is 0 Å². The summed E-state index contributed by atoms with van der Waals surface area (Å²) in [6.07, 6.45) is 7.99. The minimum atomic E-state index is -0.0342. The molecule has 1 saturated carbocycles. The number of carbonyl (C=O) groups is 1. The molecule has 1 saturated heterocycles. The maximum Gasteiger partial charge on any atom is 0.323 e. The van der Waals surface area contributed by atoms with Crippen molar-refractivity contribution in [2.75, 3.05) is 6.54 Å². The zero-order valence-electron chi connectivity index (χ0n) is 10.2. The van der Waals surface area contributed by atoms with Gasteiger partial charge in [0.25, 0.3) is 0 Å². The third-order valence-electron chi connectivity index (χ3n) is 3.84. The summed E-state index contributed by atoms with van der Waals surface area (Å²) in [6, 6.07) is -0.0342. The van der Waals surface area contributed by atoms with E-state index in [0.29, 0.717) is 0 Å². The predicted octanol–water partition coefficient (Wildman–Crippen LogP) is 2.25. The molecular weight excluding hydrogens is 202 g/mol. The molecule has 0 amide bonds. The molecule has 0 aromatic heterocycles. The van der Waals surface area contributed by atoms with E-state index in [0.717, 1.165) is 38.1 Å². The van der Waals surface area contributed by atoms with E-state index in [1.165, 1.54) is 19.3 Å². The van der Waals surface area contributed by atoms with Crippen LogP contribution in [0.15, 0.2) is 0 Å². The number of carbonyl (C=O) groups excluding carboxylic acids is 1. The fourth-order valence-electron chi connectivity index (χ4n) is 2.65. The maximum atomic E-state index is 11.9. The molecule has 0 aromatic carbocycles. The Balaban J connectivity index is 1.73. The average molecular weight is 225 g/mol. The normalized spacial score (nSPS) is 35.7. The van der Waals surface area contributed by atoms with Crippen molar-refractivity contribution < 1.29 is 9.53 Å². The monoisotopic (exact) mass is 225 g/mol. The van der Waals surface area contributed by atoms with E-state index in [1.54, 1.807) is 0 Å². The molecule has 2 fully saturated rings. The summed E-state index contributed by atoms with van der Waals surface area (Å²) < 4.78 is 5.58. The van der Waals surface area contributed by atoms with Gasteiger partial charge in [0.05, 0.1) is 0 Å².